The molecule has 0 aliphatic heterocycles. The normalized spacial score (nSPS) is 13.7. The van der Waals surface area contributed by atoms with Crippen LogP contribution >= 0.6 is 0 Å². The lowest BCUT2D eigenvalue weighted by molar-refractivity contribution is -0.144. The van der Waals surface area contributed by atoms with Crippen molar-refractivity contribution in [1.29, 1.82) is 0 Å². The Kier molecular flexibility index (Phi) is 5.18. The first-order valence-electron chi connectivity index (χ1n) is 6.20. The van der Waals surface area contributed by atoms with Gasteiger partial charge in [-0.15, -0.1) is 0 Å². The molecule has 0 heterocycles. The maximum absolute atomic E-state index is 11.2. The van der Waals surface area contributed by atoms with Crippen LogP contribution in [0.5, 0.6) is 5.75 Å². The van der Waals surface area contributed by atoms with Crippen molar-refractivity contribution in [3.8, 4) is 5.75 Å². The Morgan fingerprint density at radius 3 is 2.42 bits per heavy atom. The molecule has 0 fully saturated rings. The number of nitrogens with one attached hydrogen (secondary N) is 1. The molecule has 1 aromatic carbocycles. The number of methoxy groups -OCH3 is 1. The van der Waals surface area contributed by atoms with Crippen molar-refractivity contribution in [3.63, 3.8) is 0 Å². The zero-order valence-electron chi connectivity index (χ0n) is 11.9. The Morgan fingerprint density at radius 2 is 2.00 bits per heavy atom. The molecule has 106 valence electrons. The predicted octanol–water partition coefficient (Wildman–Crippen LogP) is 1.58. The van der Waals surface area contributed by atoms with Gasteiger partial charge in [0.15, 0.2) is 0 Å². The fraction of sp³-hybridized carbons (Fsp3) is 0.500. The summed E-state index contributed by atoms with van der Waals surface area (Å²) in [4.78, 5) is 13.2. The highest BCUT2D eigenvalue weighted by Gasteiger charge is 2.30. The molecule has 5 heteroatoms. The maximum atomic E-state index is 11.2. The number of carboxylic acids is 1. The molecule has 0 saturated heterocycles. The van der Waals surface area contributed by atoms with E-state index in [2.05, 4.69) is 5.32 Å². The van der Waals surface area contributed by atoms with Crippen molar-refractivity contribution < 1.29 is 14.6 Å². The number of carbonyl (C=O) groups is 1. The smallest absolute Gasteiger partial charge is 0.323 e. The zero-order chi connectivity index (χ0) is 14.5. The molecular weight excluding hydrogens is 244 g/mol. The second kappa shape index (κ2) is 6.43. The lowest BCUT2D eigenvalue weighted by atomic mass is 9.98. The van der Waals surface area contributed by atoms with Crippen LogP contribution in [0.4, 0.5) is 5.69 Å². The third-order valence-electron chi connectivity index (χ3n) is 3.48. The summed E-state index contributed by atoms with van der Waals surface area (Å²) >= 11 is 0. The summed E-state index contributed by atoms with van der Waals surface area (Å²) in [6.07, 6.45) is 0.515. The highest BCUT2D eigenvalue weighted by atomic mass is 16.5. The molecule has 1 rings (SSSR count). The van der Waals surface area contributed by atoms with E-state index in [1.54, 1.807) is 21.1 Å². The monoisotopic (exact) mass is 266 g/mol. The van der Waals surface area contributed by atoms with Gasteiger partial charge in [0, 0.05) is 19.3 Å². The van der Waals surface area contributed by atoms with Crippen molar-refractivity contribution in [2.24, 2.45) is 0 Å². The van der Waals surface area contributed by atoms with Gasteiger partial charge in [0.25, 0.3) is 0 Å². The number of benzene rings is 1. The van der Waals surface area contributed by atoms with Gasteiger partial charge in [0.2, 0.25) is 0 Å². The van der Waals surface area contributed by atoms with Gasteiger partial charge in [-0.1, -0.05) is 0 Å². The number of hydrogen-bond donors (Lipinski definition) is 2. The fourth-order valence-electron chi connectivity index (χ4n) is 1.70. The third-order valence-corrected chi connectivity index (χ3v) is 3.48. The lowest BCUT2D eigenvalue weighted by Crippen LogP contribution is -2.49. The summed E-state index contributed by atoms with van der Waals surface area (Å²) in [6.45, 7) is 2.34. The number of hydrogen-bond acceptors (Lipinski definition) is 4. The van der Waals surface area contributed by atoms with Gasteiger partial charge in [-0.05, 0) is 44.7 Å². The summed E-state index contributed by atoms with van der Waals surface area (Å²) in [7, 11) is 5.24. The molecule has 1 aromatic rings. The average molecular weight is 266 g/mol. The van der Waals surface area contributed by atoms with E-state index >= 15 is 0 Å². The van der Waals surface area contributed by atoms with Gasteiger partial charge in [-0.2, -0.15) is 0 Å². The van der Waals surface area contributed by atoms with Crippen molar-refractivity contribution in [3.05, 3.63) is 24.3 Å². The molecule has 0 amide bonds. The molecule has 0 aliphatic rings. The van der Waals surface area contributed by atoms with Crippen LogP contribution < -0.4 is 15.0 Å². The Labute approximate surface area is 114 Å². The number of aliphatic carboxylic acids is 1. The van der Waals surface area contributed by atoms with E-state index in [1.807, 2.05) is 36.2 Å². The molecule has 0 radical (unpaired) electrons. The summed E-state index contributed by atoms with van der Waals surface area (Å²) in [5.74, 6) is -0.0270. The Bertz CT molecular complexity index is 419. The Balaban J connectivity index is 2.63. The van der Waals surface area contributed by atoms with Gasteiger partial charge in [0.05, 0.1) is 7.11 Å². The summed E-state index contributed by atoms with van der Waals surface area (Å²) in [6, 6.07) is 7.69. The van der Waals surface area contributed by atoms with Gasteiger partial charge < -0.3 is 20.1 Å². The van der Waals surface area contributed by atoms with E-state index < -0.39 is 11.5 Å². The molecule has 0 aliphatic carbocycles. The minimum absolute atomic E-state index is 0.515. The van der Waals surface area contributed by atoms with Crippen molar-refractivity contribution in [2.45, 2.75) is 18.9 Å². The lowest BCUT2D eigenvalue weighted by Gasteiger charge is -2.28. The molecule has 2 N–H and O–H groups in total. The number of nitrogens with zero attached hydrogens (tertiary/aromatic N) is 1. The largest absolute Gasteiger partial charge is 0.497 e. The maximum Gasteiger partial charge on any atom is 0.323 e. The summed E-state index contributed by atoms with van der Waals surface area (Å²) < 4.78 is 5.11. The van der Waals surface area contributed by atoms with Crippen molar-refractivity contribution in [2.75, 3.05) is 32.6 Å². The number of ether oxygens (including phenoxy) is 1. The molecular formula is C14H22N2O3. The van der Waals surface area contributed by atoms with Crippen LogP contribution in [0.15, 0.2) is 24.3 Å². The van der Waals surface area contributed by atoms with Gasteiger partial charge in [-0.3, -0.25) is 4.79 Å². The number of rotatable bonds is 7. The van der Waals surface area contributed by atoms with E-state index in [0.717, 1.165) is 11.4 Å². The first-order valence-corrected chi connectivity index (χ1v) is 6.20. The van der Waals surface area contributed by atoms with Gasteiger partial charge >= 0.3 is 5.97 Å². The van der Waals surface area contributed by atoms with E-state index in [9.17, 15) is 9.90 Å². The molecule has 19 heavy (non-hydrogen) atoms. The molecule has 0 aromatic heterocycles. The number of anilines is 1. The summed E-state index contributed by atoms with van der Waals surface area (Å²) in [5.41, 5.74) is 0.130. The first kappa shape index (κ1) is 15.3. The van der Waals surface area contributed by atoms with Gasteiger partial charge in [0.1, 0.15) is 11.3 Å². The van der Waals surface area contributed by atoms with Crippen LogP contribution in [0, 0.1) is 0 Å². The van der Waals surface area contributed by atoms with Crippen LogP contribution in [-0.2, 0) is 4.79 Å². The Hall–Kier alpha value is -1.75. The highest BCUT2D eigenvalue weighted by molar-refractivity contribution is 5.78. The van der Waals surface area contributed by atoms with E-state index in [-0.39, 0.29) is 0 Å². The Morgan fingerprint density at radius 1 is 1.42 bits per heavy atom. The zero-order valence-corrected chi connectivity index (χ0v) is 11.9. The molecule has 1 unspecified atom stereocenters. The SMILES string of the molecule is CNC(C)(CCN(C)c1ccc(OC)cc1)C(=O)O. The minimum atomic E-state index is -0.902. The first-order chi connectivity index (χ1) is 8.92. The molecule has 1 atom stereocenters. The topological polar surface area (TPSA) is 61.8 Å². The second-order valence-corrected chi connectivity index (χ2v) is 4.76. The molecule has 0 bridgehead atoms. The molecule has 5 nitrogen and oxygen atoms in total. The number of carboxylic acid groups (broad SMARTS) is 1. The second-order valence-electron chi connectivity index (χ2n) is 4.76. The van der Waals surface area contributed by atoms with Gasteiger partial charge in [-0.25, -0.2) is 0 Å². The average Bonchev–Trinajstić information content (AvgIpc) is 2.44. The summed E-state index contributed by atoms with van der Waals surface area (Å²) in [5, 5.41) is 12.0. The van der Waals surface area contributed by atoms with Crippen molar-refractivity contribution >= 4 is 11.7 Å². The minimum Gasteiger partial charge on any atom is -0.497 e. The van der Waals surface area contributed by atoms with E-state index in [0.29, 0.717) is 13.0 Å². The highest BCUT2D eigenvalue weighted by Crippen LogP contribution is 2.19. The van der Waals surface area contributed by atoms with Crippen LogP contribution in [0.2, 0.25) is 0 Å². The third kappa shape index (κ3) is 3.86. The van der Waals surface area contributed by atoms with Crippen LogP contribution in [0.3, 0.4) is 0 Å². The quantitative estimate of drug-likeness (QED) is 0.784. The molecule has 0 spiro atoms. The van der Waals surface area contributed by atoms with Crippen LogP contribution in [0.25, 0.3) is 0 Å². The molecule has 0 saturated carbocycles. The van der Waals surface area contributed by atoms with Crippen molar-refractivity contribution in [1.82, 2.24) is 5.32 Å². The predicted molar refractivity (Wildman–Crippen MR) is 76.0 cm³/mol. The van der Waals surface area contributed by atoms with E-state index in [4.69, 9.17) is 4.74 Å². The fourth-order valence-corrected chi connectivity index (χ4v) is 1.70. The standard InChI is InChI=1S/C14H22N2O3/c1-14(15-2,13(17)18)9-10-16(3)11-5-7-12(19-4)8-6-11/h5-8,15H,9-10H2,1-4H3,(H,17,18). The van der Waals surface area contributed by atoms with Crippen LogP contribution in [-0.4, -0.2) is 44.4 Å². The number of likely N-dealkylation sites (N-methyl/N-ethyl adjacent to an activating group) is 1. The van der Waals surface area contributed by atoms with E-state index in [1.165, 1.54) is 0 Å². The van der Waals surface area contributed by atoms with Crippen LogP contribution in [0.1, 0.15) is 13.3 Å².